The number of thiazole rings is 1. The molecule has 0 aliphatic carbocycles. The van der Waals surface area contributed by atoms with Crippen LogP contribution in [0.25, 0.3) is 10.2 Å². The van der Waals surface area contributed by atoms with E-state index in [0.29, 0.717) is 0 Å². The molecule has 0 bridgehead atoms. The number of aromatic nitrogens is 1. The normalized spacial score (nSPS) is 12.6. The number of benzene rings is 1. The molecule has 1 aromatic carbocycles. The molecule has 0 saturated heterocycles. The van der Waals surface area contributed by atoms with Crippen LogP contribution >= 0.6 is 23.1 Å². The van der Waals surface area contributed by atoms with E-state index in [4.69, 9.17) is 4.74 Å². The molecule has 6 heteroatoms. The topological polar surface area (TPSA) is 51.2 Å². The first kappa shape index (κ1) is 13.3. The lowest BCUT2D eigenvalue weighted by Gasteiger charge is -2.10. The van der Waals surface area contributed by atoms with Crippen LogP contribution in [-0.4, -0.2) is 30.4 Å². The Hall–Kier alpha value is -1.11. The van der Waals surface area contributed by atoms with Crippen molar-refractivity contribution in [1.29, 1.82) is 0 Å². The summed E-state index contributed by atoms with van der Waals surface area (Å²) in [7, 11) is 1.52. The van der Waals surface area contributed by atoms with Crippen molar-refractivity contribution in [3.63, 3.8) is 0 Å². The molecule has 0 radical (unpaired) electrons. The van der Waals surface area contributed by atoms with Gasteiger partial charge in [-0.3, -0.25) is 4.79 Å². The molecule has 1 aromatic heterocycles. The summed E-state index contributed by atoms with van der Waals surface area (Å²) in [6, 6.07) is 5.71. The van der Waals surface area contributed by atoms with E-state index in [9.17, 15) is 4.79 Å². The van der Waals surface area contributed by atoms with Gasteiger partial charge in [0.1, 0.15) is 6.10 Å². The van der Waals surface area contributed by atoms with Gasteiger partial charge >= 0.3 is 0 Å². The Bertz CT molecular complexity index is 568. The third-order valence-electron chi connectivity index (χ3n) is 2.53. The van der Waals surface area contributed by atoms with Gasteiger partial charge in [-0.05, 0) is 31.4 Å². The Morgan fingerprint density at radius 2 is 2.33 bits per heavy atom. The smallest absolute Gasteiger partial charge is 0.253 e. The van der Waals surface area contributed by atoms with Gasteiger partial charge in [-0.1, -0.05) is 11.8 Å². The van der Waals surface area contributed by atoms with Crippen molar-refractivity contribution in [1.82, 2.24) is 4.98 Å². The van der Waals surface area contributed by atoms with Crippen LogP contribution in [0.5, 0.6) is 0 Å². The highest BCUT2D eigenvalue weighted by atomic mass is 32.2. The molecule has 2 rings (SSSR count). The van der Waals surface area contributed by atoms with Gasteiger partial charge in [0.25, 0.3) is 5.91 Å². The fourth-order valence-electron chi connectivity index (χ4n) is 1.42. The second kappa shape index (κ2) is 5.69. The highest BCUT2D eigenvalue weighted by Gasteiger charge is 2.12. The fraction of sp³-hybridized carbons (Fsp3) is 0.333. The molecule has 1 atom stereocenters. The number of amides is 1. The Kier molecular flexibility index (Phi) is 4.21. The second-order valence-electron chi connectivity index (χ2n) is 3.73. The number of carbonyl (C=O) groups excluding carboxylic acids is 1. The molecule has 0 fully saturated rings. The third kappa shape index (κ3) is 2.82. The summed E-state index contributed by atoms with van der Waals surface area (Å²) < 4.78 is 7.07. The van der Waals surface area contributed by atoms with E-state index < -0.39 is 6.10 Å². The SMILES string of the molecule is COC(C)C(=O)Nc1ccc2nc(SC)sc2c1. The minimum Gasteiger partial charge on any atom is -0.372 e. The number of nitrogens with zero attached hydrogens (tertiary/aromatic N) is 1. The molecule has 2 aromatic rings. The summed E-state index contributed by atoms with van der Waals surface area (Å²) in [6.07, 6.45) is 1.55. The average molecular weight is 282 g/mol. The van der Waals surface area contributed by atoms with Crippen molar-refractivity contribution >= 4 is 44.9 Å². The predicted octanol–water partition coefficient (Wildman–Crippen LogP) is 2.99. The van der Waals surface area contributed by atoms with Gasteiger partial charge in [-0.2, -0.15) is 0 Å². The number of thioether (sulfide) groups is 1. The largest absolute Gasteiger partial charge is 0.372 e. The zero-order valence-corrected chi connectivity index (χ0v) is 12.0. The van der Waals surface area contributed by atoms with Crippen LogP contribution in [0.4, 0.5) is 5.69 Å². The van der Waals surface area contributed by atoms with Gasteiger partial charge in [0.05, 0.1) is 10.2 Å². The Balaban J connectivity index is 2.21. The number of hydrogen-bond acceptors (Lipinski definition) is 5. The molecule has 1 amide bonds. The van der Waals surface area contributed by atoms with Gasteiger partial charge < -0.3 is 10.1 Å². The van der Waals surface area contributed by atoms with Crippen LogP contribution in [-0.2, 0) is 9.53 Å². The van der Waals surface area contributed by atoms with Crippen LogP contribution < -0.4 is 5.32 Å². The molecule has 0 spiro atoms. The molecule has 0 aliphatic rings. The second-order valence-corrected chi connectivity index (χ2v) is 5.82. The van der Waals surface area contributed by atoms with Crippen molar-refractivity contribution in [2.24, 2.45) is 0 Å². The number of anilines is 1. The summed E-state index contributed by atoms with van der Waals surface area (Å²) in [5.74, 6) is -0.147. The van der Waals surface area contributed by atoms with Gasteiger partial charge in [-0.25, -0.2) is 4.98 Å². The Morgan fingerprint density at radius 1 is 1.56 bits per heavy atom. The molecule has 1 unspecified atom stereocenters. The average Bonchev–Trinajstić information content (AvgIpc) is 2.79. The molecule has 1 N–H and O–H groups in total. The molecule has 0 saturated carbocycles. The van der Waals surface area contributed by atoms with Gasteiger partial charge in [0.15, 0.2) is 4.34 Å². The van der Waals surface area contributed by atoms with Crippen LogP contribution in [0.2, 0.25) is 0 Å². The van der Waals surface area contributed by atoms with E-state index in [1.54, 1.807) is 30.0 Å². The lowest BCUT2D eigenvalue weighted by molar-refractivity contribution is -0.124. The van der Waals surface area contributed by atoms with Crippen molar-refractivity contribution < 1.29 is 9.53 Å². The maximum Gasteiger partial charge on any atom is 0.253 e. The van der Waals surface area contributed by atoms with E-state index in [0.717, 1.165) is 20.2 Å². The predicted molar refractivity (Wildman–Crippen MR) is 76.5 cm³/mol. The lowest BCUT2D eigenvalue weighted by atomic mass is 10.3. The van der Waals surface area contributed by atoms with Crippen molar-refractivity contribution in [2.75, 3.05) is 18.7 Å². The van der Waals surface area contributed by atoms with E-state index in [1.807, 2.05) is 24.5 Å². The number of methoxy groups -OCH3 is 1. The summed E-state index contributed by atoms with van der Waals surface area (Å²) in [5, 5.41) is 2.82. The van der Waals surface area contributed by atoms with Crippen LogP contribution in [0.3, 0.4) is 0 Å². The van der Waals surface area contributed by atoms with E-state index >= 15 is 0 Å². The zero-order chi connectivity index (χ0) is 13.1. The molecule has 1 heterocycles. The number of hydrogen-bond donors (Lipinski definition) is 1. The van der Waals surface area contributed by atoms with E-state index in [-0.39, 0.29) is 5.91 Å². The maximum atomic E-state index is 11.7. The zero-order valence-electron chi connectivity index (χ0n) is 10.4. The first-order valence-electron chi connectivity index (χ1n) is 5.42. The Labute approximate surface area is 114 Å². The molecule has 96 valence electrons. The van der Waals surface area contributed by atoms with Crippen molar-refractivity contribution in [3.8, 4) is 0 Å². The van der Waals surface area contributed by atoms with Gasteiger partial charge in [0, 0.05) is 12.8 Å². The van der Waals surface area contributed by atoms with Gasteiger partial charge in [-0.15, -0.1) is 11.3 Å². The summed E-state index contributed by atoms with van der Waals surface area (Å²) >= 11 is 3.24. The van der Waals surface area contributed by atoms with Crippen molar-refractivity contribution in [2.45, 2.75) is 17.4 Å². The molecule has 4 nitrogen and oxygen atoms in total. The molecule has 0 aliphatic heterocycles. The van der Waals surface area contributed by atoms with E-state index in [2.05, 4.69) is 10.3 Å². The van der Waals surface area contributed by atoms with Crippen molar-refractivity contribution in [3.05, 3.63) is 18.2 Å². The van der Waals surface area contributed by atoms with Gasteiger partial charge in [0.2, 0.25) is 0 Å². The highest BCUT2D eigenvalue weighted by Crippen LogP contribution is 2.29. The number of fused-ring (bicyclic) bond motifs is 1. The number of rotatable bonds is 4. The maximum absolute atomic E-state index is 11.7. The quantitative estimate of drug-likeness (QED) is 0.876. The van der Waals surface area contributed by atoms with Crippen LogP contribution in [0.1, 0.15) is 6.92 Å². The van der Waals surface area contributed by atoms with E-state index in [1.165, 1.54) is 7.11 Å². The minimum absolute atomic E-state index is 0.147. The summed E-state index contributed by atoms with van der Waals surface area (Å²) in [6.45, 7) is 1.71. The number of nitrogens with one attached hydrogen (secondary N) is 1. The number of carbonyl (C=O) groups is 1. The molecular formula is C12H14N2O2S2. The number of ether oxygens (including phenoxy) is 1. The fourth-order valence-corrected chi connectivity index (χ4v) is 2.95. The minimum atomic E-state index is -0.455. The standard InChI is InChI=1S/C12H14N2O2S2/c1-7(16-2)11(15)13-8-4-5-9-10(6-8)18-12(14-9)17-3/h4-7H,1-3H3,(H,13,15). The first-order valence-corrected chi connectivity index (χ1v) is 7.46. The first-order chi connectivity index (χ1) is 8.63. The summed E-state index contributed by atoms with van der Waals surface area (Å²) in [4.78, 5) is 16.1. The monoisotopic (exact) mass is 282 g/mol. The molecule has 18 heavy (non-hydrogen) atoms. The lowest BCUT2D eigenvalue weighted by Crippen LogP contribution is -2.26. The highest BCUT2D eigenvalue weighted by molar-refractivity contribution is 8.00. The summed E-state index contributed by atoms with van der Waals surface area (Å²) in [5.41, 5.74) is 1.73. The third-order valence-corrected chi connectivity index (χ3v) is 4.54. The van der Waals surface area contributed by atoms with Crippen LogP contribution in [0.15, 0.2) is 22.5 Å². The van der Waals surface area contributed by atoms with Crippen LogP contribution in [0, 0.1) is 0 Å². The molecular weight excluding hydrogens is 268 g/mol. The Morgan fingerprint density at radius 3 is 3.00 bits per heavy atom.